The summed E-state index contributed by atoms with van der Waals surface area (Å²) in [5.41, 5.74) is 0.601. The number of rotatable bonds is 8. The third kappa shape index (κ3) is 4.04. The summed E-state index contributed by atoms with van der Waals surface area (Å²) in [7, 11) is -3.68. The fourth-order valence-corrected chi connectivity index (χ4v) is 5.23. The van der Waals surface area contributed by atoms with Gasteiger partial charge in [-0.3, -0.25) is 9.69 Å². The Kier molecular flexibility index (Phi) is 4.77. The molecule has 2 aliphatic carbocycles. The van der Waals surface area contributed by atoms with Crippen LogP contribution in [-0.2, 0) is 14.8 Å². The average Bonchev–Trinajstić information content (AvgIpc) is 3.24. The molecule has 2 N–H and O–H groups in total. The lowest BCUT2D eigenvalue weighted by Gasteiger charge is -2.42. The Morgan fingerprint density at radius 1 is 1.26 bits per heavy atom. The second-order valence-corrected chi connectivity index (χ2v) is 9.36. The van der Waals surface area contributed by atoms with Gasteiger partial charge in [0.15, 0.2) is 11.5 Å². The molecule has 0 spiro atoms. The van der Waals surface area contributed by atoms with Crippen molar-refractivity contribution in [3.63, 3.8) is 0 Å². The summed E-state index contributed by atoms with van der Waals surface area (Å²) in [6.45, 7) is 2.63. The first kappa shape index (κ1) is 18.5. The van der Waals surface area contributed by atoms with E-state index in [1.165, 1.54) is 6.07 Å². The maximum Gasteiger partial charge on any atom is 0.317 e. The minimum absolute atomic E-state index is 0.0158. The molecule has 1 heterocycles. The molecule has 3 aliphatic rings. The Balaban J connectivity index is 1.39. The van der Waals surface area contributed by atoms with E-state index in [0.717, 1.165) is 19.4 Å². The van der Waals surface area contributed by atoms with Crippen LogP contribution in [0.15, 0.2) is 17.0 Å². The van der Waals surface area contributed by atoms with E-state index >= 15 is 0 Å². The zero-order valence-electron chi connectivity index (χ0n) is 15.2. The number of carboxylic acid groups (broad SMARTS) is 1. The highest BCUT2D eigenvalue weighted by Crippen LogP contribution is 2.37. The normalized spacial score (nSPS) is 24.1. The van der Waals surface area contributed by atoms with Gasteiger partial charge in [-0.1, -0.05) is 0 Å². The Morgan fingerprint density at radius 2 is 1.93 bits per heavy atom. The molecule has 27 heavy (non-hydrogen) atoms. The maximum absolute atomic E-state index is 12.8. The van der Waals surface area contributed by atoms with Gasteiger partial charge in [0.25, 0.3) is 0 Å². The topological polar surface area (TPSA) is 105 Å². The molecule has 1 aromatic rings. The van der Waals surface area contributed by atoms with Crippen molar-refractivity contribution in [3.05, 3.63) is 17.7 Å². The summed E-state index contributed by atoms with van der Waals surface area (Å²) in [6, 6.07) is 3.11. The first-order valence-corrected chi connectivity index (χ1v) is 10.7. The van der Waals surface area contributed by atoms with Crippen molar-refractivity contribution in [1.82, 2.24) is 9.62 Å². The van der Waals surface area contributed by atoms with Crippen molar-refractivity contribution in [2.24, 2.45) is 5.92 Å². The van der Waals surface area contributed by atoms with E-state index in [2.05, 4.69) is 4.72 Å². The van der Waals surface area contributed by atoms with Crippen molar-refractivity contribution in [1.29, 1.82) is 0 Å². The minimum atomic E-state index is -3.68. The van der Waals surface area contributed by atoms with Gasteiger partial charge in [-0.2, -0.15) is 0 Å². The zero-order chi connectivity index (χ0) is 19.2. The lowest BCUT2D eigenvalue weighted by atomic mass is 9.86. The van der Waals surface area contributed by atoms with Crippen LogP contribution in [0.3, 0.4) is 0 Å². The van der Waals surface area contributed by atoms with Crippen LogP contribution < -0.4 is 14.2 Å². The van der Waals surface area contributed by atoms with Gasteiger partial charge in [0, 0.05) is 24.7 Å². The van der Waals surface area contributed by atoms with E-state index in [1.54, 1.807) is 13.0 Å². The fourth-order valence-electron chi connectivity index (χ4n) is 3.73. The number of nitrogens with one attached hydrogen (secondary N) is 1. The fraction of sp³-hybridized carbons (Fsp3) is 0.611. The van der Waals surface area contributed by atoms with Crippen molar-refractivity contribution in [2.75, 3.05) is 19.9 Å². The molecule has 4 rings (SSSR count). The molecular formula is C18H24N2O6S. The van der Waals surface area contributed by atoms with Crippen molar-refractivity contribution in [3.8, 4) is 11.5 Å². The SMILES string of the molecule is Cc1cc2c(cc1S(=O)(=O)NC1CC(N(CC(=O)O)CC3CC3)C1)OCO2. The second-order valence-electron chi connectivity index (χ2n) is 7.68. The number of carbonyl (C=O) groups is 1. The first-order valence-electron chi connectivity index (χ1n) is 9.20. The monoisotopic (exact) mass is 396 g/mol. The van der Waals surface area contributed by atoms with Crippen LogP contribution in [0.1, 0.15) is 31.2 Å². The highest BCUT2D eigenvalue weighted by molar-refractivity contribution is 7.89. The van der Waals surface area contributed by atoms with Crippen LogP contribution in [0.5, 0.6) is 11.5 Å². The number of aliphatic carboxylic acids is 1. The highest BCUT2D eigenvalue weighted by atomic mass is 32.2. The van der Waals surface area contributed by atoms with Crippen LogP contribution in [0.25, 0.3) is 0 Å². The Labute approximate surface area is 158 Å². The van der Waals surface area contributed by atoms with Crippen molar-refractivity contribution in [2.45, 2.75) is 49.6 Å². The summed E-state index contributed by atoms with van der Waals surface area (Å²) >= 11 is 0. The maximum atomic E-state index is 12.8. The van der Waals surface area contributed by atoms with Crippen LogP contribution >= 0.6 is 0 Å². The van der Waals surface area contributed by atoms with E-state index in [4.69, 9.17) is 14.6 Å². The van der Waals surface area contributed by atoms with Gasteiger partial charge in [-0.15, -0.1) is 0 Å². The minimum Gasteiger partial charge on any atom is -0.480 e. The van der Waals surface area contributed by atoms with Gasteiger partial charge in [-0.05, 0) is 50.2 Å². The molecule has 2 saturated carbocycles. The lowest BCUT2D eigenvalue weighted by Crippen LogP contribution is -2.55. The molecule has 0 amide bonds. The van der Waals surface area contributed by atoms with Crippen molar-refractivity contribution < 1.29 is 27.8 Å². The first-order chi connectivity index (χ1) is 12.8. The predicted molar refractivity (Wildman–Crippen MR) is 96.4 cm³/mol. The molecule has 0 unspecified atom stereocenters. The molecular weight excluding hydrogens is 372 g/mol. The number of hydrogen-bond acceptors (Lipinski definition) is 6. The number of ether oxygens (including phenoxy) is 2. The van der Waals surface area contributed by atoms with Crippen LogP contribution in [0, 0.1) is 12.8 Å². The highest BCUT2D eigenvalue weighted by Gasteiger charge is 2.39. The number of fused-ring (bicyclic) bond motifs is 1. The van der Waals surface area contributed by atoms with Gasteiger partial charge in [-0.25, -0.2) is 13.1 Å². The summed E-state index contributed by atoms with van der Waals surface area (Å²) in [6.07, 6.45) is 3.57. The molecule has 0 aromatic heterocycles. The van der Waals surface area contributed by atoms with Crippen LogP contribution in [-0.4, -0.2) is 56.4 Å². The lowest BCUT2D eigenvalue weighted by molar-refractivity contribution is -0.139. The molecule has 8 nitrogen and oxygen atoms in total. The molecule has 0 bridgehead atoms. The average molecular weight is 396 g/mol. The number of carboxylic acids is 1. The number of hydrogen-bond donors (Lipinski definition) is 2. The number of sulfonamides is 1. The molecule has 1 aromatic carbocycles. The molecule has 0 atom stereocenters. The number of nitrogens with zero attached hydrogens (tertiary/aromatic N) is 1. The zero-order valence-corrected chi connectivity index (χ0v) is 16.0. The molecule has 1 aliphatic heterocycles. The third-order valence-corrected chi connectivity index (χ3v) is 7.10. The molecule has 0 radical (unpaired) electrons. The standard InChI is InChI=1S/C18H24N2O6S/c1-11-4-15-16(26-10-25-15)7-17(11)27(23,24)19-13-5-14(6-13)20(9-18(21)22)8-12-2-3-12/h4,7,12-14,19H,2-3,5-6,8-10H2,1H3,(H,21,22). The molecule has 148 valence electrons. The largest absolute Gasteiger partial charge is 0.480 e. The van der Waals surface area contributed by atoms with Gasteiger partial charge in [0.05, 0.1) is 11.4 Å². The quantitative estimate of drug-likeness (QED) is 0.683. The van der Waals surface area contributed by atoms with Crippen LogP contribution in [0.2, 0.25) is 0 Å². The molecule has 0 saturated heterocycles. The van der Waals surface area contributed by atoms with Gasteiger partial charge >= 0.3 is 5.97 Å². The Hall–Kier alpha value is -1.84. The van der Waals surface area contributed by atoms with Gasteiger partial charge in [0.1, 0.15) is 0 Å². The third-order valence-electron chi connectivity index (χ3n) is 5.44. The smallest absolute Gasteiger partial charge is 0.317 e. The Bertz CT molecular complexity index is 846. The summed E-state index contributed by atoms with van der Waals surface area (Å²) < 4.78 is 38.9. The summed E-state index contributed by atoms with van der Waals surface area (Å²) in [5, 5.41) is 9.12. The van der Waals surface area contributed by atoms with Crippen LogP contribution in [0.4, 0.5) is 0 Å². The number of aryl methyl sites for hydroxylation is 1. The van der Waals surface area contributed by atoms with E-state index in [0.29, 0.717) is 35.8 Å². The van der Waals surface area contributed by atoms with E-state index in [9.17, 15) is 13.2 Å². The van der Waals surface area contributed by atoms with Gasteiger partial charge < -0.3 is 14.6 Å². The second kappa shape index (κ2) is 6.96. The molecule has 9 heteroatoms. The predicted octanol–water partition coefficient (Wildman–Crippen LogP) is 1.33. The van der Waals surface area contributed by atoms with E-state index in [1.807, 2.05) is 4.90 Å². The summed E-state index contributed by atoms with van der Waals surface area (Å²) in [5.74, 6) is 0.746. The Morgan fingerprint density at radius 3 is 2.56 bits per heavy atom. The van der Waals surface area contributed by atoms with Gasteiger partial charge in [0.2, 0.25) is 16.8 Å². The van der Waals surface area contributed by atoms with E-state index < -0.39 is 16.0 Å². The van der Waals surface area contributed by atoms with E-state index in [-0.39, 0.29) is 30.3 Å². The molecule has 2 fully saturated rings. The summed E-state index contributed by atoms with van der Waals surface area (Å²) in [4.78, 5) is 13.3. The number of benzene rings is 1. The van der Waals surface area contributed by atoms with Crippen molar-refractivity contribution >= 4 is 16.0 Å².